The van der Waals surface area contributed by atoms with E-state index in [-0.39, 0.29) is 31.3 Å². The first-order chi connectivity index (χ1) is 9.70. The Bertz CT molecular complexity index is 432. The number of likely N-dealkylation sites (N-methyl/N-ethyl adjacent to an activating group) is 1. The Balaban J connectivity index is 2.51. The molecule has 0 aromatic rings. The molecule has 1 aliphatic heterocycles. The minimum Gasteiger partial charge on any atom is -0.462 e. The van der Waals surface area contributed by atoms with Gasteiger partial charge in [-0.25, -0.2) is 12.7 Å². The van der Waals surface area contributed by atoms with E-state index in [1.807, 2.05) is 13.8 Å². The molecule has 124 valence electrons. The van der Waals surface area contributed by atoms with Gasteiger partial charge in [0.15, 0.2) is 0 Å². The molecule has 8 heteroatoms. The van der Waals surface area contributed by atoms with E-state index in [0.29, 0.717) is 0 Å². The summed E-state index contributed by atoms with van der Waals surface area (Å²) in [6, 6.07) is -0.252. The molecule has 0 unspecified atom stereocenters. The second kappa shape index (κ2) is 8.07. The van der Waals surface area contributed by atoms with E-state index in [2.05, 4.69) is 5.32 Å². The molecular weight excluding hydrogens is 296 g/mol. The SMILES string of the molecule is CC(C)O[C@H](COC(=O)[C@@H]1CCCN1)CN(C)S(C)(=O)=O. The predicted molar refractivity (Wildman–Crippen MR) is 79.5 cm³/mol. The van der Waals surface area contributed by atoms with E-state index in [4.69, 9.17) is 9.47 Å². The van der Waals surface area contributed by atoms with E-state index < -0.39 is 16.1 Å². The van der Waals surface area contributed by atoms with Crippen molar-refractivity contribution in [2.45, 2.75) is 44.9 Å². The van der Waals surface area contributed by atoms with Crippen LogP contribution in [0.25, 0.3) is 0 Å². The van der Waals surface area contributed by atoms with E-state index in [0.717, 1.165) is 25.6 Å². The third-order valence-corrected chi connectivity index (χ3v) is 4.53. The third-order valence-electron chi connectivity index (χ3n) is 3.25. The maximum Gasteiger partial charge on any atom is 0.323 e. The predicted octanol–water partition coefficient (Wildman–Crippen LogP) is -0.0334. The van der Waals surface area contributed by atoms with Crippen molar-refractivity contribution in [2.75, 3.05) is 33.0 Å². The summed E-state index contributed by atoms with van der Waals surface area (Å²) in [7, 11) is -1.81. The van der Waals surface area contributed by atoms with Crippen LogP contribution in [0.2, 0.25) is 0 Å². The quantitative estimate of drug-likeness (QED) is 0.632. The molecule has 1 fully saturated rings. The topological polar surface area (TPSA) is 84.9 Å². The van der Waals surface area contributed by atoms with Gasteiger partial charge in [0.05, 0.1) is 12.4 Å². The molecule has 0 bridgehead atoms. The zero-order chi connectivity index (χ0) is 16.0. The van der Waals surface area contributed by atoms with E-state index >= 15 is 0 Å². The minimum atomic E-state index is -3.29. The lowest BCUT2D eigenvalue weighted by Gasteiger charge is -2.25. The number of rotatable bonds is 8. The fourth-order valence-electron chi connectivity index (χ4n) is 2.10. The molecule has 7 nitrogen and oxygen atoms in total. The average Bonchev–Trinajstić information content (AvgIpc) is 2.87. The number of carbonyl (C=O) groups excluding carboxylic acids is 1. The van der Waals surface area contributed by atoms with Crippen LogP contribution in [-0.2, 0) is 24.3 Å². The Morgan fingerprint density at radius 2 is 2.10 bits per heavy atom. The van der Waals surface area contributed by atoms with Crippen LogP contribution in [0.5, 0.6) is 0 Å². The molecule has 0 aromatic carbocycles. The van der Waals surface area contributed by atoms with E-state index in [9.17, 15) is 13.2 Å². The summed E-state index contributed by atoms with van der Waals surface area (Å²) in [5.74, 6) is -0.299. The molecule has 2 atom stereocenters. The van der Waals surface area contributed by atoms with Crippen LogP contribution < -0.4 is 5.32 Å². The molecule has 0 saturated carbocycles. The van der Waals surface area contributed by atoms with Crippen molar-refractivity contribution >= 4 is 16.0 Å². The lowest BCUT2D eigenvalue weighted by Crippen LogP contribution is -2.40. The Labute approximate surface area is 127 Å². The number of esters is 1. The lowest BCUT2D eigenvalue weighted by atomic mass is 10.2. The van der Waals surface area contributed by atoms with Gasteiger partial charge in [0.25, 0.3) is 0 Å². The van der Waals surface area contributed by atoms with E-state index in [1.54, 1.807) is 0 Å². The Kier molecular flexibility index (Phi) is 7.05. The van der Waals surface area contributed by atoms with Gasteiger partial charge in [-0.3, -0.25) is 4.79 Å². The summed E-state index contributed by atoms with van der Waals surface area (Å²) in [5, 5.41) is 3.06. The number of carbonyl (C=O) groups is 1. The molecule has 0 radical (unpaired) electrons. The van der Waals surface area contributed by atoms with Gasteiger partial charge in [-0.05, 0) is 33.2 Å². The summed E-state index contributed by atoms with van der Waals surface area (Å²) >= 11 is 0. The number of sulfonamides is 1. The van der Waals surface area contributed by atoms with Crippen molar-refractivity contribution in [1.29, 1.82) is 0 Å². The van der Waals surface area contributed by atoms with Crippen LogP contribution in [0.1, 0.15) is 26.7 Å². The van der Waals surface area contributed by atoms with Crippen LogP contribution in [0.15, 0.2) is 0 Å². The molecular formula is C13H26N2O5S. The van der Waals surface area contributed by atoms with Crippen molar-refractivity contribution in [1.82, 2.24) is 9.62 Å². The smallest absolute Gasteiger partial charge is 0.323 e. The maximum absolute atomic E-state index is 11.8. The summed E-state index contributed by atoms with van der Waals surface area (Å²) in [6.07, 6.45) is 2.31. The highest BCUT2D eigenvalue weighted by atomic mass is 32.2. The highest BCUT2D eigenvalue weighted by molar-refractivity contribution is 7.88. The van der Waals surface area contributed by atoms with Gasteiger partial charge in [-0.1, -0.05) is 0 Å². The number of ether oxygens (including phenoxy) is 2. The molecule has 0 aromatic heterocycles. The van der Waals surface area contributed by atoms with Crippen molar-refractivity contribution < 1.29 is 22.7 Å². The van der Waals surface area contributed by atoms with Gasteiger partial charge >= 0.3 is 5.97 Å². The van der Waals surface area contributed by atoms with Crippen LogP contribution in [0.4, 0.5) is 0 Å². The minimum absolute atomic E-state index is 0.0506. The second-order valence-corrected chi connectivity index (χ2v) is 7.72. The maximum atomic E-state index is 11.8. The van der Waals surface area contributed by atoms with Crippen molar-refractivity contribution in [3.05, 3.63) is 0 Å². The first-order valence-electron chi connectivity index (χ1n) is 7.17. The largest absolute Gasteiger partial charge is 0.462 e. The second-order valence-electron chi connectivity index (χ2n) is 5.63. The summed E-state index contributed by atoms with van der Waals surface area (Å²) in [6.45, 7) is 4.74. The molecule has 0 amide bonds. The van der Waals surface area contributed by atoms with Crippen molar-refractivity contribution in [2.24, 2.45) is 0 Å². The van der Waals surface area contributed by atoms with Gasteiger partial charge in [-0.15, -0.1) is 0 Å². The Morgan fingerprint density at radius 3 is 2.57 bits per heavy atom. The van der Waals surface area contributed by atoms with Crippen molar-refractivity contribution in [3.8, 4) is 0 Å². The highest BCUT2D eigenvalue weighted by Crippen LogP contribution is 2.09. The molecule has 1 saturated heterocycles. The number of nitrogens with zero attached hydrogens (tertiary/aromatic N) is 1. The van der Waals surface area contributed by atoms with Crippen LogP contribution >= 0.6 is 0 Å². The average molecular weight is 322 g/mol. The summed E-state index contributed by atoms with van der Waals surface area (Å²) in [5.41, 5.74) is 0. The number of nitrogens with one attached hydrogen (secondary N) is 1. The Hall–Kier alpha value is -0.700. The molecule has 1 N–H and O–H groups in total. The molecule has 1 aliphatic rings. The van der Waals surface area contributed by atoms with Gasteiger partial charge in [0.2, 0.25) is 10.0 Å². The standard InChI is InChI=1S/C13H26N2O5S/c1-10(2)20-11(8-15(3)21(4,17)18)9-19-13(16)12-6-5-7-14-12/h10-12,14H,5-9H2,1-4H3/t11-,12-/m0/s1. The van der Waals surface area contributed by atoms with Crippen molar-refractivity contribution in [3.63, 3.8) is 0 Å². The van der Waals surface area contributed by atoms with E-state index in [1.165, 1.54) is 11.4 Å². The van der Waals surface area contributed by atoms with Gasteiger partial charge in [-0.2, -0.15) is 0 Å². The number of hydrogen-bond acceptors (Lipinski definition) is 6. The molecule has 1 heterocycles. The zero-order valence-corrected chi connectivity index (χ0v) is 14.0. The third kappa shape index (κ3) is 6.73. The first-order valence-corrected chi connectivity index (χ1v) is 9.01. The molecule has 1 rings (SSSR count). The summed E-state index contributed by atoms with van der Waals surface area (Å²) < 4.78 is 35.0. The fourth-order valence-corrected chi connectivity index (χ4v) is 2.54. The Morgan fingerprint density at radius 1 is 1.43 bits per heavy atom. The fraction of sp³-hybridized carbons (Fsp3) is 0.923. The molecule has 0 aliphatic carbocycles. The highest BCUT2D eigenvalue weighted by Gasteiger charge is 2.26. The first kappa shape index (κ1) is 18.3. The number of hydrogen-bond donors (Lipinski definition) is 1. The normalized spacial score (nSPS) is 21.0. The lowest BCUT2D eigenvalue weighted by molar-refractivity contribution is -0.151. The van der Waals surface area contributed by atoms with Crippen LogP contribution in [-0.4, -0.2) is 69.9 Å². The van der Waals surface area contributed by atoms with Gasteiger partial charge in [0, 0.05) is 13.6 Å². The zero-order valence-electron chi connectivity index (χ0n) is 13.2. The van der Waals surface area contributed by atoms with Gasteiger partial charge < -0.3 is 14.8 Å². The monoisotopic (exact) mass is 322 g/mol. The van der Waals surface area contributed by atoms with Crippen LogP contribution in [0.3, 0.4) is 0 Å². The van der Waals surface area contributed by atoms with Crippen LogP contribution in [0, 0.1) is 0 Å². The molecule has 21 heavy (non-hydrogen) atoms. The molecule has 0 spiro atoms. The van der Waals surface area contributed by atoms with Gasteiger partial charge in [0.1, 0.15) is 18.8 Å². The summed E-state index contributed by atoms with van der Waals surface area (Å²) in [4.78, 5) is 11.8.